The van der Waals surface area contributed by atoms with E-state index in [4.69, 9.17) is 28.6 Å². The van der Waals surface area contributed by atoms with Crippen molar-refractivity contribution in [3.05, 3.63) is 99.9 Å². The van der Waals surface area contributed by atoms with Crippen LogP contribution in [0, 0.1) is 0 Å². The van der Waals surface area contributed by atoms with Gasteiger partial charge in [0.2, 0.25) is 0 Å². The smallest absolute Gasteiger partial charge is 0.266 e. The molecule has 1 N–H and O–H groups in total. The molecule has 0 spiro atoms. The Morgan fingerprint density at radius 3 is 2.58 bits per heavy atom. The van der Waals surface area contributed by atoms with Gasteiger partial charge in [0.15, 0.2) is 6.61 Å². The van der Waals surface area contributed by atoms with Gasteiger partial charge in [-0.2, -0.15) is 0 Å². The second kappa shape index (κ2) is 10.7. The average Bonchev–Trinajstić information content (AvgIpc) is 3.07. The largest absolute Gasteiger partial charge is 0.484 e. The number of ether oxygens (including phenoxy) is 1. The highest BCUT2D eigenvalue weighted by Crippen LogP contribution is 2.34. The molecule has 8 heteroatoms. The van der Waals surface area contributed by atoms with Crippen LogP contribution in [0.25, 0.3) is 6.08 Å². The summed E-state index contributed by atoms with van der Waals surface area (Å²) < 4.78 is 6.15. The van der Waals surface area contributed by atoms with Gasteiger partial charge in [-0.15, -0.1) is 0 Å². The summed E-state index contributed by atoms with van der Waals surface area (Å²) in [6.45, 7) is 0.292. The van der Waals surface area contributed by atoms with Crippen LogP contribution in [0.5, 0.6) is 5.75 Å². The second-order valence-electron chi connectivity index (χ2n) is 7.17. The summed E-state index contributed by atoms with van der Waals surface area (Å²) in [5.41, 5.74) is 2.44. The minimum atomic E-state index is -0.287. The number of thioether (sulfide) groups is 1. The average molecular weight is 495 g/mol. The van der Waals surface area contributed by atoms with Crippen molar-refractivity contribution in [2.24, 2.45) is 0 Å². The molecular weight excluding hydrogens is 476 g/mol. The van der Waals surface area contributed by atoms with Crippen molar-refractivity contribution in [3.8, 4) is 5.75 Å². The molecule has 3 aromatic carbocycles. The Balaban J connectivity index is 1.38. The van der Waals surface area contributed by atoms with Gasteiger partial charge in [0, 0.05) is 10.7 Å². The van der Waals surface area contributed by atoms with Gasteiger partial charge < -0.3 is 10.1 Å². The summed E-state index contributed by atoms with van der Waals surface area (Å²) in [5, 5.41) is 3.34. The van der Waals surface area contributed by atoms with Crippen molar-refractivity contribution in [3.63, 3.8) is 0 Å². The van der Waals surface area contributed by atoms with E-state index >= 15 is 0 Å². The predicted molar refractivity (Wildman–Crippen MR) is 137 cm³/mol. The van der Waals surface area contributed by atoms with Crippen LogP contribution in [0.2, 0.25) is 5.02 Å². The Kier molecular flexibility index (Phi) is 7.44. The van der Waals surface area contributed by atoms with Gasteiger partial charge >= 0.3 is 0 Å². The van der Waals surface area contributed by atoms with E-state index in [-0.39, 0.29) is 18.4 Å². The van der Waals surface area contributed by atoms with E-state index in [0.717, 1.165) is 11.1 Å². The fourth-order valence-electron chi connectivity index (χ4n) is 3.13. The molecule has 4 rings (SSSR count). The summed E-state index contributed by atoms with van der Waals surface area (Å²) in [4.78, 5) is 27.2. The lowest BCUT2D eigenvalue weighted by Crippen LogP contribution is -2.27. The summed E-state index contributed by atoms with van der Waals surface area (Å²) in [6, 6.07) is 23.8. The number of amides is 2. The first-order valence-corrected chi connectivity index (χ1v) is 11.7. The van der Waals surface area contributed by atoms with Crippen molar-refractivity contribution >= 4 is 63.5 Å². The third-order valence-electron chi connectivity index (χ3n) is 4.71. The lowest BCUT2D eigenvalue weighted by Gasteiger charge is -2.14. The Labute approximate surface area is 206 Å². The van der Waals surface area contributed by atoms with E-state index in [0.29, 0.717) is 32.2 Å². The van der Waals surface area contributed by atoms with Crippen LogP contribution in [0.3, 0.4) is 0 Å². The Hall–Kier alpha value is -3.13. The van der Waals surface area contributed by atoms with Crippen molar-refractivity contribution in [1.29, 1.82) is 0 Å². The summed E-state index contributed by atoms with van der Waals surface area (Å²) in [7, 11) is 0. The third-order valence-corrected chi connectivity index (χ3v) is 6.34. The monoisotopic (exact) mass is 494 g/mol. The number of hydrogen-bond donors (Lipinski definition) is 1. The molecule has 0 unspecified atom stereocenters. The molecule has 1 aliphatic rings. The number of thiocarbonyl (C=S) groups is 1. The van der Waals surface area contributed by atoms with Crippen molar-refractivity contribution < 1.29 is 14.3 Å². The van der Waals surface area contributed by atoms with E-state index in [9.17, 15) is 9.59 Å². The maximum absolute atomic E-state index is 12.9. The van der Waals surface area contributed by atoms with Gasteiger partial charge in [-0.3, -0.25) is 14.5 Å². The van der Waals surface area contributed by atoms with E-state index in [2.05, 4.69) is 5.32 Å². The minimum Gasteiger partial charge on any atom is -0.484 e. The molecule has 166 valence electrons. The molecule has 0 atom stereocenters. The van der Waals surface area contributed by atoms with Crippen molar-refractivity contribution in [2.75, 3.05) is 11.9 Å². The molecule has 5 nitrogen and oxygen atoms in total. The number of hydrogen-bond acceptors (Lipinski definition) is 5. The van der Waals surface area contributed by atoms with Crippen LogP contribution in [-0.4, -0.2) is 27.6 Å². The first-order valence-electron chi connectivity index (χ1n) is 10.1. The SMILES string of the molecule is O=C(COc1cccc(/C=C2\SC(=S)N(Cc3ccccc3)C2=O)c1)Nc1ccc(Cl)cc1. The highest BCUT2D eigenvalue weighted by Gasteiger charge is 2.31. The fourth-order valence-corrected chi connectivity index (χ4v) is 4.51. The van der Waals surface area contributed by atoms with E-state index in [1.807, 2.05) is 42.5 Å². The van der Waals surface area contributed by atoms with Gasteiger partial charge in [0.1, 0.15) is 10.1 Å². The number of carbonyl (C=O) groups is 2. The number of halogens is 1. The molecule has 1 heterocycles. The van der Waals surface area contributed by atoms with E-state index < -0.39 is 0 Å². The first-order chi connectivity index (χ1) is 16.0. The topological polar surface area (TPSA) is 58.6 Å². The molecule has 0 radical (unpaired) electrons. The molecular formula is C25H19ClN2O3S2. The number of carbonyl (C=O) groups excluding carboxylic acids is 2. The zero-order valence-electron chi connectivity index (χ0n) is 17.4. The van der Waals surface area contributed by atoms with Crippen LogP contribution < -0.4 is 10.1 Å². The Morgan fingerprint density at radius 2 is 1.82 bits per heavy atom. The summed E-state index contributed by atoms with van der Waals surface area (Å²) in [5.74, 6) is 0.113. The Bertz CT molecular complexity index is 1210. The van der Waals surface area contributed by atoms with Crippen molar-refractivity contribution in [1.82, 2.24) is 4.90 Å². The fraction of sp³-hybridized carbons (Fsp3) is 0.0800. The molecule has 0 aliphatic carbocycles. The number of anilines is 1. The number of benzene rings is 3. The lowest BCUT2D eigenvalue weighted by molar-refractivity contribution is -0.122. The zero-order valence-corrected chi connectivity index (χ0v) is 19.8. The highest BCUT2D eigenvalue weighted by molar-refractivity contribution is 8.26. The van der Waals surface area contributed by atoms with Crippen LogP contribution in [0.1, 0.15) is 11.1 Å². The maximum atomic E-state index is 12.9. The molecule has 1 saturated heterocycles. The van der Waals surface area contributed by atoms with Crippen molar-refractivity contribution in [2.45, 2.75) is 6.54 Å². The third kappa shape index (κ3) is 6.22. The number of rotatable bonds is 7. The maximum Gasteiger partial charge on any atom is 0.266 e. The van der Waals surface area contributed by atoms with E-state index in [1.165, 1.54) is 11.8 Å². The molecule has 0 saturated carbocycles. The van der Waals surface area contributed by atoms with E-state index in [1.54, 1.807) is 47.4 Å². The van der Waals surface area contributed by atoms with Gasteiger partial charge in [0.05, 0.1) is 11.4 Å². The highest BCUT2D eigenvalue weighted by atomic mass is 35.5. The van der Waals surface area contributed by atoms with Crippen LogP contribution in [0.4, 0.5) is 5.69 Å². The molecule has 0 aromatic heterocycles. The quantitative estimate of drug-likeness (QED) is 0.334. The molecule has 1 aliphatic heterocycles. The molecule has 33 heavy (non-hydrogen) atoms. The first kappa shape index (κ1) is 23.0. The molecule has 3 aromatic rings. The molecule has 1 fully saturated rings. The zero-order chi connectivity index (χ0) is 23.2. The van der Waals surface area contributed by atoms with Gasteiger partial charge in [-0.25, -0.2) is 0 Å². The molecule has 0 bridgehead atoms. The van der Waals surface area contributed by atoms with Crippen LogP contribution in [-0.2, 0) is 16.1 Å². The summed E-state index contributed by atoms with van der Waals surface area (Å²) in [6.07, 6.45) is 1.78. The van der Waals surface area contributed by atoms with Crippen LogP contribution in [0.15, 0.2) is 83.8 Å². The lowest BCUT2D eigenvalue weighted by atomic mass is 10.2. The minimum absolute atomic E-state index is 0.123. The standard InChI is InChI=1S/C25H19ClN2O3S2/c26-19-9-11-20(12-10-19)27-23(29)16-31-21-8-4-7-18(13-21)14-22-24(30)28(25(32)33-22)15-17-5-2-1-3-6-17/h1-14H,15-16H2,(H,27,29)/b22-14-. The van der Waals surface area contributed by atoms with Gasteiger partial charge in [0.25, 0.3) is 11.8 Å². The Morgan fingerprint density at radius 1 is 1.06 bits per heavy atom. The summed E-state index contributed by atoms with van der Waals surface area (Å²) >= 11 is 12.5. The number of nitrogens with zero attached hydrogens (tertiary/aromatic N) is 1. The van der Waals surface area contributed by atoms with Crippen LogP contribution >= 0.6 is 35.6 Å². The normalized spacial score (nSPS) is 14.6. The predicted octanol–water partition coefficient (Wildman–Crippen LogP) is 5.76. The molecule has 2 amide bonds. The van der Waals surface area contributed by atoms with Gasteiger partial charge in [-0.1, -0.05) is 78.0 Å². The second-order valence-corrected chi connectivity index (χ2v) is 9.28. The van der Waals surface area contributed by atoms with Gasteiger partial charge in [-0.05, 0) is 53.6 Å². The number of nitrogens with one attached hydrogen (secondary N) is 1.